The minimum atomic E-state index is 0.716. The van der Waals surface area contributed by atoms with E-state index in [-0.39, 0.29) is 0 Å². The first-order valence-electron chi connectivity index (χ1n) is 7.84. The minimum absolute atomic E-state index is 0.716. The van der Waals surface area contributed by atoms with Crippen LogP contribution in [0.3, 0.4) is 0 Å². The molecule has 2 N–H and O–H groups in total. The highest BCUT2D eigenvalue weighted by molar-refractivity contribution is 5.79. The maximum Gasteiger partial charge on any atom is 0.213 e. The lowest BCUT2D eigenvalue weighted by Crippen LogP contribution is -2.37. The summed E-state index contributed by atoms with van der Waals surface area (Å²) in [4.78, 5) is 8.46. The van der Waals surface area contributed by atoms with E-state index in [0.29, 0.717) is 6.54 Å². The SMILES string of the molecule is CCCCNC(=NC)NCc1ccnc(OCC2CC2)c1. The Morgan fingerprint density at radius 2 is 2.29 bits per heavy atom. The number of hydrogen-bond donors (Lipinski definition) is 2. The van der Waals surface area contributed by atoms with E-state index in [1.807, 2.05) is 12.1 Å². The average Bonchev–Trinajstić information content (AvgIpc) is 3.33. The molecule has 1 saturated carbocycles. The fourth-order valence-electron chi connectivity index (χ4n) is 1.92. The molecule has 0 saturated heterocycles. The van der Waals surface area contributed by atoms with Gasteiger partial charge in [-0.3, -0.25) is 4.99 Å². The molecule has 1 aromatic rings. The van der Waals surface area contributed by atoms with Gasteiger partial charge in [0.1, 0.15) is 0 Å². The fraction of sp³-hybridized carbons (Fsp3) is 0.625. The van der Waals surface area contributed by atoms with Crippen LogP contribution >= 0.6 is 0 Å². The summed E-state index contributed by atoms with van der Waals surface area (Å²) in [7, 11) is 1.79. The first-order valence-corrected chi connectivity index (χ1v) is 7.84. The fourth-order valence-corrected chi connectivity index (χ4v) is 1.92. The third-order valence-corrected chi connectivity index (χ3v) is 3.47. The second-order valence-corrected chi connectivity index (χ2v) is 5.46. The Hall–Kier alpha value is -1.78. The zero-order valence-electron chi connectivity index (χ0n) is 13.1. The number of unbranched alkanes of at least 4 members (excludes halogenated alkanes) is 1. The highest BCUT2D eigenvalue weighted by Crippen LogP contribution is 2.29. The van der Waals surface area contributed by atoms with Gasteiger partial charge >= 0.3 is 0 Å². The zero-order valence-corrected chi connectivity index (χ0v) is 13.1. The van der Waals surface area contributed by atoms with E-state index in [9.17, 15) is 0 Å². The van der Waals surface area contributed by atoms with Crippen molar-refractivity contribution in [3.8, 4) is 5.88 Å². The van der Waals surface area contributed by atoms with Crippen molar-refractivity contribution in [2.45, 2.75) is 39.2 Å². The van der Waals surface area contributed by atoms with Crippen molar-refractivity contribution in [3.63, 3.8) is 0 Å². The van der Waals surface area contributed by atoms with E-state index >= 15 is 0 Å². The lowest BCUT2D eigenvalue weighted by atomic mass is 10.2. The molecular weight excluding hydrogens is 264 g/mol. The van der Waals surface area contributed by atoms with Gasteiger partial charge in [0, 0.05) is 32.4 Å². The first kappa shape index (κ1) is 15.6. The molecule has 1 aliphatic rings. The van der Waals surface area contributed by atoms with Gasteiger partial charge in [-0.2, -0.15) is 0 Å². The monoisotopic (exact) mass is 290 g/mol. The topological polar surface area (TPSA) is 58.5 Å². The van der Waals surface area contributed by atoms with Crippen LogP contribution in [0, 0.1) is 5.92 Å². The van der Waals surface area contributed by atoms with Crippen LogP contribution in [0.4, 0.5) is 0 Å². The molecule has 21 heavy (non-hydrogen) atoms. The smallest absolute Gasteiger partial charge is 0.213 e. The molecule has 1 heterocycles. The van der Waals surface area contributed by atoms with Crippen molar-refractivity contribution in [1.82, 2.24) is 15.6 Å². The maximum atomic E-state index is 5.70. The highest BCUT2D eigenvalue weighted by atomic mass is 16.5. The summed E-state index contributed by atoms with van der Waals surface area (Å²) in [6, 6.07) is 3.99. The molecule has 1 aromatic heterocycles. The summed E-state index contributed by atoms with van der Waals surface area (Å²) >= 11 is 0. The Labute approximate surface area is 127 Å². The van der Waals surface area contributed by atoms with Crippen molar-refractivity contribution in [2.75, 3.05) is 20.2 Å². The molecule has 0 aliphatic heterocycles. The summed E-state index contributed by atoms with van der Waals surface area (Å²) in [5, 5.41) is 6.60. The van der Waals surface area contributed by atoms with Crippen molar-refractivity contribution >= 4 is 5.96 Å². The normalized spacial score (nSPS) is 14.9. The number of ether oxygens (including phenoxy) is 1. The molecule has 2 rings (SSSR count). The van der Waals surface area contributed by atoms with Gasteiger partial charge in [-0.15, -0.1) is 0 Å². The Morgan fingerprint density at radius 1 is 1.43 bits per heavy atom. The Kier molecular flexibility index (Phi) is 6.31. The summed E-state index contributed by atoms with van der Waals surface area (Å²) < 4.78 is 5.70. The molecule has 0 radical (unpaired) electrons. The zero-order chi connectivity index (χ0) is 14.9. The van der Waals surface area contributed by atoms with Gasteiger partial charge in [0.15, 0.2) is 5.96 Å². The third kappa shape index (κ3) is 6.02. The summed E-state index contributed by atoms with van der Waals surface area (Å²) in [5.41, 5.74) is 1.15. The van der Waals surface area contributed by atoms with E-state index in [1.54, 1.807) is 13.2 Å². The van der Waals surface area contributed by atoms with Crippen LogP contribution in [0.2, 0.25) is 0 Å². The first-order chi connectivity index (χ1) is 10.3. The predicted octanol–water partition coefficient (Wildman–Crippen LogP) is 2.34. The van der Waals surface area contributed by atoms with E-state index in [1.165, 1.54) is 19.3 Å². The Balaban J connectivity index is 1.76. The van der Waals surface area contributed by atoms with E-state index < -0.39 is 0 Å². The second-order valence-electron chi connectivity index (χ2n) is 5.46. The molecule has 0 amide bonds. The minimum Gasteiger partial charge on any atom is -0.477 e. The lowest BCUT2D eigenvalue weighted by Gasteiger charge is -2.12. The van der Waals surface area contributed by atoms with Crippen molar-refractivity contribution in [3.05, 3.63) is 23.9 Å². The van der Waals surface area contributed by atoms with Crippen LogP contribution in [-0.4, -0.2) is 31.1 Å². The average molecular weight is 290 g/mol. The lowest BCUT2D eigenvalue weighted by molar-refractivity contribution is 0.288. The van der Waals surface area contributed by atoms with Gasteiger partial charge < -0.3 is 15.4 Å². The quantitative estimate of drug-likeness (QED) is 0.438. The standard InChI is InChI=1S/C16H26N4O/c1-3-4-8-19-16(17-2)20-11-14-7-9-18-15(10-14)21-12-13-5-6-13/h7,9-10,13H,3-6,8,11-12H2,1-2H3,(H2,17,19,20). The van der Waals surface area contributed by atoms with Crippen molar-refractivity contribution in [1.29, 1.82) is 0 Å². The molecule has 1 fully saturated rings. The Morgan fingerprint density at radius 3 is 3.00 bits per heavy atom. The summed E-state index contributed by atoms with van der Waals surface area (Å²) in [6.07, 6.45) is 6.71. The van der Waals surface area contributed by atoms with Gasteiger partial charge in [0.05, 0.1) is 6.61 Å². The van der Waals surface area contributed by atoms with Crippen molar-refractivity contribution < 1.29 is 4.74 Å². The summed E-state index contributed by atoms with van der Waals surface area (Å²) in [6.45, 7) is 4.64. The third-order valence-electron chi connectivity index (χ3n) is 3.47. The van der Waals surface area contributed by atoms with Gasteiger partial charge in [0.25, 0.3) is 0 Å². The van der Waals surface area contributed by atoms with Crippen LogP contribution in [-0.2, 0) is 6.54 Å². The van der Waals surface area contributed by atoms with Gasteiger partial charge in [-0.05, 0) is 36.8 Å². The van der Waals surface area contributed by atoms with E-state index in [2.05, 4.69) is 27.5 Å². The molecule has 0 unspecified atom stereocenters. The van der Waals surface area contributed by atoms with Crippen LogP contribution in [0.25, 0.3) is 0 Å². The molecule has 5 nitrogen and oxygen atoms in total. The van der Waals surface area contributed by atoms with Gasteiger partial charge in [0.2, 0.25) is 5.88 Å². The Bertz CT molecular complexity index is 457. The number of nitrogens with zero attached hydrogens (tertiary/aromatic N) is 2. The predicted molar refractivity (Wildman–Crippen MR) is 85.6 cm³/mol. The molecule has 0 atom stereocenters. The van der Waals surface area contributed by atoms with Crippen LogP contribution in [0.15, 0.2) is 23.3 Å². The highest BCUT2D eigenvalue weighted by Gasteiger charge is 2.22. The van der Waals surface area contributed by atoms with E-state index in [4.69, 9.17) is 4.74 Å². The number of nitrogens with one attached hydrogen (secondary N) is 2. The van der Waals surface area contributed by atoms with Gasteiger partial charge in [-0.25, -0.2) is 4.98 Å². The maximum absolute atomic E-state index is 5.70. The molecule has 0 bridgehead atoms. The largest absolute Gasteiger partial charge is 0.477 e. The number of aliphatic imine (C=N–C) groups is 1. The van der Waals surface area contributed by atoms with E-state index in [0.717, 1.165) is 42.9 Å². The second kappa shape index (κ2) is 8.49. The van der Waals surface area contributed by atoms with Crippen molar-refractivity contribution in [2.24, 2.45) is 10.9 Å². The summed E-state index contributed by atoms with van der Waals surface area (Å²) in [5.74, 6) is 2.30. The number of hydrogen-bond acceptors (Lipinski definition) is 3. The number of guanidine groups is 1. The molecule has 116 valence electrons. The van der Waals surface area contributed by atoms with Crippen LogP contribution < -0.4 is 15.4 Å². The van der Waals surface area contributed by atoms with Gasteiger partial charge in [-0.1, -0.05) is 13.3 Å². The molecule has 5 heteroatoms. The number of rotatable bonds is 8. The number of pyridine rings is 1. The molecule has 1 aliphatic carbocycles. The molecular formula is C16H26N4O. The molecule has 0 aromatic carbocycles. The molecule has 0 spiro atoms. The van der Waals surface area contributed by atoms with Crippen LogP contribution in [0.5, 0.6) is 5.88 Å². The number of aromatic nitrogens is 1. The van der Waals surface area contributed by atoms with Crippen LogP contribution in [0.1, 0.15) is 38.2 Å².